The third-order valence-electron chi connectivity index (χ3n) is 3.86. The van der Waals surface area contributed by atoms with Crippen LogP contribution in [-0.2, 0) is 23.6 Å². The van der Waals surface area contributed by atoms with E-state index in [1.807, 2.05) is 11.6 Å². The summed E-state index contributed by atoms with van der Waals surface area (Å²) in [6.07, 6.45) is 2.73. The van der Waals surface area contributed by atoms with Crippen LogP contribution >= 0.6 is 0 Å². The van der Waals surface area contributed by atoms with Gasteiger partial charge in [-0.05, 0) is 30.9 Å². The fourth-order valence-electron chi connectivity index (χ4n) is 1.85. The van der Waals surface area contributed by atoms with Gasteiger partial charge < -0.3 is 9.88 Å². The lowest BCUT2D eigenvalue weighted by atomic mass is 9.99. The Labute approximate surface area is 129 Å². The molecule has 6 heteroatoms. The highest BCUT2D eigenvalue weighted by Crippen LogP contribution is 2.15. The van der Waals surface area contributed by atoms with E-state index < -0.39 is 10.0 Å². The first kappa shape index (κ1) is 18.2. The second-order valence-electron chi connectivity index (χ2n) is 6.03. The van der Waals surface area contributed by atoms with Gasteiger partial charge in [0.25, 0.3) is 0 Å². The van der Waals surface area contributed by atoms with Crippen LogP contribution in [0.5, 0.6) is 0 Å². The molecule has 0 spiro atoms. The minimum atomic E-state index is -3.42. The van der Waals surface area contributed by atoms with Crippen molar-refractivity contribution in [2.75, 3.05) is 13.1 Å². The lowest BCUT2D eigenvalue weighted by Crippen LogP contribution is -2.30. The van der Waals surface area contributed by atoms with E-state index in [0.29, 0.717) is 29.8 Å². The van der Waals surface area contributed by atoms with Crippen LogP contribution in [0.2, 0.25) is 0 Å². The van der Waals surface area contributed by atoms with Gasteiger partial charge in [0.1, 0.15) is 0 Å². The Morgan fingerprint density at radius 2 is 1.95 bits per heavy atom. The predicted octanol–water partition coefficient (Wildman–Crippen LogP) is 2.10. The molecule has 0 aliphatic heterocycles. The molecule has 0 radical (unpaired) electrons. The molecule has 0 aliphatic rings. The summed E-state index contributed by atoms with van der Waals surface area (Å²) in [5.41, 5.74) is 0.973. The molecule has 1 aromatic rings. The number of hydrogen-bond acceptors (Lipinski definition) is 3. The van der Waals surface area contributed by atoms with Crippen molar-refractivity contribution >= 4 is 10.0 Å². The number of aromatic nitrogens is 1. The van der Waals surface area contributed by atoms with E-state index in [1.54, 1.807) is 12.3 Å². The van der Waals surface area contributed by atoms with Crippen molar-refractivity contribution in [3.05, 3.63) is 18.0 Å². The molecule has 2 N–H and O–H groups in total. The van der Waals surface area contributed by atoms with Crippen molar-refractivity contribution in [3.8, 4) is 0 Å². The molecule has 0 aliphatic carbocycles. The van der Waals surface area contributed by atoms with Gasteiger partial charge in [0.05, 0.1) is 4.90 Å². The Balaban J connectivity index is 2.73. The first-order chi connectivity index (χ1) is 9.77. The lowest BCUT2D eigenvalue weighted by Gasteiger charge is -2.15. The molecule has 0 saturated carbocycles. The summed E-state index contributed by atoms with van der Waals surface area (Å²) in [5.74, 6) is 0.770. The van der Waals surface area contributed by atoms with Crippen LogP contribution in [0, 0.1) is 11.8 Å². The van der Waals surface area contributed by atoms with Crippen molar-refractivity contribution in [3.63, 3.8) is 0 Å². The molecule has 1 heterocycles. The highest BCUT2D eigenvalue weighted by Gasteiger charge is 2.19. The van der Waals surface area contributed by atoms with Crippen LogP contribution in [0.4, 0.5) is 0 Å². The summed E-state index contributed by atoms with van der Waals surface area (Å²) in [5, 5.41) is 3.29. The molecule has 1 aromatic heterocycles. The average Bonchev–Trinajstić information content (AvgIpc) is 2.79. The molecule has 0 amide bonds. The van der Waals surface area contributed by atoms with Gasteiger partial charge in [0.2, 0.25) is 10.0 Å². The second-order valence-corrected chi connectivity index (χ2v) is 7.79. The van der Waals surface area contributed by atoms with Crippen LogP contribution in [0.3, 0.4) is 0 Å². The standard InChI is InChI=1S/C15H29N3O2S/c1-6-7-16-10-14-8-15(11-18(14)5)21(19,20)17-9-13(4)12(2)3/h8,11-13,16-17H,6-7,9-10H2,1-5H3. The number of nitrogens with one attached hydrogen (secondary N) is 2. The maximum Gasteiger partial charge on any atom is 0.242 e. The average molecular weight is 315 g/mol. The molecule has 0 fully saturated rings. The van der Waals surface area contributed by atoms with Crippen molar-refractivity contribution < 1.29 is 8.42 Å². The lowest BCUT2D eigenvalue weighted by molar-refractivity contribution is 0.414. The summed E-state index contributed by atoms with van der Waals surface area (Å²) >= 11 is 0. The summed E-state index contributed by atoms with van der Waals surface area (Å²) in [7, 11) is -1.55. The minimum absolute atomic E-state index is 0.314. The maximum atomic E-state index is 12.3. The Kier molecular flexibility index (Phi) is 6.90. The van der Waals surface area contributed by atoms with Gasteiger partial charge in [-0.2, -0.15) is 0 Å². The molecule has 0 saturated heterocycles. The Bertz CT molecular complexity index is 535. The maximum absolute atomic E-state index is 12.3. The van der Waals surface area contributed by atoms with Crippen molar-refractivity contribution in [1.29, 1.82) is 0 Å². The van der Waals surface area contributed by atoms with Crippen LogP contribution in [0.15, 0.2) is 17.2 Å². The van der Waals surface area contributed by atoms with E-state index in [9.17, 15) is 8.42 Å². The van der Waals surface area contributed by atoms with Gasteiger partial charge in [-0.25, -0.2) is 13.1 Å². The highest BCUT2D eigenvalue weighted by atomic mass is 32.2. The smallest absolute Gasteiger partial charge is 0.242 e. The van der Waals surface area contributed by atoms with Gasteiger partial charge in [0.15, 0.2) is 0 Å². The molecule has 21 heavy (non-hydrogen) atoms. The van der Waals surface area contributed by atoms with Crippen LogP contribution in [0.25, 0.3) is 0 Å². The minimum Gasteiger partial charge on any atom is -0.352 e. The molecule has 1 rings (SSSR count). The van der Waals surface area contributed by atoms with Gasteiger partial charge in [0, 0.05) is 32.0 Å². The third-order valence-corrected chi connectivity index (χ3v) is 5.25. The Hall–Kier alpha value is -0.850. The second kappa shape index (κ2) is 7.96. The van der Waals surface area contributed by atoms with Gasteiger partial charge in [-0.15, -0.1) is 0 Å². The van der Waals surface area contributed by atoms with E-state index in [0.717, 1.165) is 18.7 Å². The van der Waals surface area contributed by atoms with Crippen LogP contribution < -0.4 is 10.0 Å². The molecular weight excluding hydrogens is 286 g/mol. The van der Waals surface area contributed by atoms with Crippen LogP contribution in [-0.4, -0.2) is 26.1 Å². The van der Waals surface area contributed by atoms with Crippen LogP contribution in [0.1, 0.15) is 39.8 Å². The monoisotopic (exact) mass is 315 g/mol. The van der Waals surface area contributed by atoms with Gasteiger partial charge >= 0.3 is 0 Å². The number of sulfonamides is 1. The summed E-state index contributed by atoms with van der Waals surface area (Å²) in [6, 6.07) is 1.74. The quantitative estimate of drug-likeness (QED) is 0.686. The molecular formula is C15H29N3O2S. The summed E-state index contributed by atoms with van der Waals surface area (Å²) in [4.78, 5) is 0.342. The molecule has 122 valence electrons. The first-order valence-electron chi connectivity index (χ1n) is 7.63. The molecule has 1 unspecified atom stereocenters. The molecule has 0 bridgehead atoms. The zero-order valence-electron chi connectivity index (χ0n) is 13.8. The third kappa shape index (κ3) is 5.45. The van der Waals surface area contributed by atoms with E-state index in [-0.39, 0.29) is 0 Å². The topological polar surface area (TPSA) is 63.1 Å². The number of hydrogen-bond donors (Lipinski definition) is 2. The van der Waals surface area contributed by atoms with E-state index in [1.165, 1.54) is 0 Å². The molecule has 1 atom stereocenters. The van der Waals surface area contributed by atoms with Crippen molar-refractivity contribution in [2.24, 2.45) is 18.9 Å². The first-order valence-corrected chi connectivity index (χ1v) is 9.11. The predicted molar refractivity (Wildman–Crippen MR) is 86.6 cm³/mol. The van der Waals surface area contributed by atoms with E-state index in [4.69, 9.17) is 0 Å². The number of rotatable bonds is 9. The van der Waals surface area contributed by atoms with E-state index >= 15 is 0 Å². The zero-order chi connectivity index (χ0) is 16.0. The molecule has 5 nitrogen and oxygen atoms in total. The SMILES string of the molecule is CCCNCc1cc(S(=O)(=O)NCC(C)C(C)C)cn1C. The number of nitrogens with zero attached hydrogens (tertiary/aromatic N) is 1. The summed E-state index contributed by atoms with van der Waals surface area (Å²) < 4.78 is 29.2. The normalized spacial score (nSPS) is 13.8. The van der Waals surface area contributed by atoms with Crippen molar-refractivity contribution in [1.82, 2.24) is 14.6 Å². The fourth-order valence-corrected chi connectivity index (χ4v) is 3.09. The van der Waals surface area contributed by atoms with Crippen molar-refractivity contribution in [2.45, 2.75) is 45.6 Å². The van der Waals surface area contributed by atoms with Gasteiger partial charge in [-0.3, -0.25) is 0 Å². The number of aryl methyl sites for hydroxylation is 1. The largest absolute Gasteiger partial charge is 0.352 e. The van der Waals surface area contributed by atoms with E-state index in [2.05, 4.69) is 37.7 Å². The van der Waals surface area contributed by atoms with Gasteiger partial charge in [-0.1, -0.05) is 27.7 Å². The zero-order valence-corrected chi connectivity index (χ0v) is 14.6. The molecule has 0 aromatic carbocycles. The Morgan fingerprint density at radius 3 is 2.52 bits per heavy atom. The fraction of sp³-hybridized carbons (Fsp3) is 0.733. The highest BCUT2D eigenvalue weighted by molar-refractivity contribution is 7.89. The Morgan fingerprint density at radius 1 is 1.29 bits per heavy atom. The summed E-state index contributed by atoms with van der Waals surface area (Å²) in [6.45, 7) is 10.4.